The molecule has 2 aliphatic rings. The fraction of sp³-hybridized carbons (Fsp3) is 0.367. The average Bonchev–Trinajstić information content (AvgIpc) is 3.45. The Morgan fingerprint density at radius 3 is 2.55 bits per heavy atom. The van der Waals surface area contributed by atoms with Gasteiger partial charge in [-0.15, -0.1) is 11.3 Å². The van der Waals surface area contributed by atoms with E-state index in [0.29, 0.717) is 45.0 Å². The summed E-state index contributed by atoms with van der Waals surface area (Å²) < 4.78 is 32.2. The fourth-order valence-electron chi connectivity index (χ4n) is 6.05. The SMILES string of the molecule is COC(=O)c1csc(CONC(=O)C2c3ccccc3C(=O)N(C3CCCCC3NS(C)(=O)=O)C2c2ccc(Cl)cc2Cl)c1. The molecule has 1 aliphatic carbocycles. The van der Waals surface area contributed by atoms with E-state index in [2.05, 4.69) is 10.2 Å². The Balaban J connectivity index is 1.55. The van der Waals surface area contributed by atoms with E-state index in [4.69, 9.17) is 32.8 Å². The van der Waals surface area contributed by atoms with Crippen molar-refractivity contribution < 1.29 is 32.4 Å². The minimum atomic E-state index is -3.60. The number of methoxy groups -OCH3 is 1. The number of ether oxygens (including phenoxy) is 1. The molecule has 10 nitrogen and oxygen atoms in total. The maximum atomic E-state index is 14.3. The molecule has 0 spiro atoms. The number of sulfonamides is 1. The van der Waals surface area contributed by atoms with Crippen LogP contribution in [0.4, 0.5) is 0 Å². The first-order chi connectivity index (χ1) is 21.0. The summed E-state index contributed by atoms with van der Waals surface area (Å²) >= 11 is 14.3. The normalized spacial score (nSPS) is 21.9. The predicted octanol–water partition coefficient (Wildman–Crippen LogP) is 5.23. The standard InChI is InChI=1S/C30H31Cl2N3O7S2/c1-41-30(38)17-13-19(43-16-17)15-42-33-28(36)26-20-7-3-4-8-21(20)29(37)35(27(26)22-12-11-18(31)14-23(22)32)25-10-6-5-9-24(25)34-44(2,39)40/h3-4,7-8,11-14,16,24-27,34H,5-6,9-10,15H2,1-2H3,(H,33,36). The van der Waals surface area contributed by atoms with Gasteiger partial charge in [-0.2, -0.15) is 0 Å². The van der Waals surface area contributed by atoms with Crippen molar-refractivity contribution in [3.8, 4) is 0 Å². The number of thiophene rings is 1. The van der Waals surface area contributed by atoms with Crippen LogP contribution in [0.1, 0.15) is 74.4 Å². The van der Waals surface area contributed by atoms with Crippen LogP contribution in [-0.4, -0.2) is 56.6 Å². The number of nitrogens with one attached hydrogen (secondary N) is 2. The van der Waals surface area contributed by atoms with Gasteiger partial charge in [0, 0.05) is 37.9 Å². The molecule has 1 fully saturated rings. The van der Waals surface area contributed by atoms with Crippen molar-refractivity contribution in [1.82, 2.24) is 15.1 Å². The van der Waals surface area contributed by atoms with Crippen molar-refractivity contribution in [2.24, 2.45) is 0 Å². The molecule has 1 saturated carbocycles. The Morgan fingerprint density at radius 1 is 1.07 bits per heavy atom. The summed E-state index contributed by atoms with van der Waals surface area (Å²) in [6.45, 7) is -0.0141. The summed E-state index contributed by atoms with van der Waals surface area (Å²) in [6, 6.07) is 11.3. The number of carbonyl (C=O) groups excluding carboxylic acids is 3. The molecule has 2 amide bonds. The molecule has 4 unspecified atom stereocenters. The van der Waals surface area contributed by atoms with Crippen molar-refractivity contribution in [3.63, 3.8) is 0 Å². The first kappa shape index (κ1) is 32.4. The van der Waals surface area contributed by atoms with E-state index in [0.717, 1.165) is 19.1 Å². The van der Waals surface area contributed by atoms with Crippen LogP contribution in [0.2, 0.25) is 10.0 Å². The molecular weight excluding hydrogens is 649 g/mol. The van der Waals surface area contributed by atoms with Gasteiger partial charge in [-0.25, -0.2) is 23.4 Å². The minimum Gasteiger partial charge on any atom is -0.465 e. The van der Waals surface area contributed by atoms with E-state index in [1.54, 1.807) is 58.8 Å². The largest absolute Gasteiger partial charge is 0.465 e. The Hall–Kier alpha value is -3.00. The highest BCUT2D eigenvalue weighted by Crippen LogP contribution is 2.47. The number of nitrogens with zero attached hydrogens (tertiary/aromatic N) is 1. The van der Waals surface area contributed by atoms with Gasteiger partial charge in [0.1, 0.15) is 6.61 Å². The summed E-state index contributed by atoms with van der Waals surface area (Å²) in [4.78, 5) is 48.1. The van der Waals surface area contributed by atoms with E-state index in [1.807, 2.05) is 0 Å². The van der Waals surface area contributed by atoms with Gasteiger partial charge < -0.3 is 9.64 Å². The number of fused-ring (bicyclic) bond motifs is 1. The van der Waals surface area contributed by atoms with Gasteiger partial charge in [-0.3, -0.25) is 14.4 Å². The first-order valence-corrected chi connectivity index (χ1v) is 17.4. The molecule has 0 radical (unpaired) electrons. The second kappa shape index (κ2) is 13.6. The maximum absolute atomic E-state index is 14.3. The molecule has 0 saturated heterocycles. The molecule has 3 aromatic rings. The number of rotatable bonds is 9. The van der Waals surface area contributed by atoms with Crippen LogP contribution < -0.4 is 10.2 Å². The highest BCUT2D eigenvalue weighted by molar-refractivity contribution is 7.88. The number of benzene rings is 2. The smallest absolute Gasteiger partial charge is 0.338 e. The van der Waals surface area contributed by atoms with Gasteiger partial charge in [-0.1, -0.05) is 60.3 Å². The second-order valence-electron chi connectivity index (χ2n) is 10.8. The van der Waals surface area contributed by atoms with Crippen LogP contribution >= 0.6 is 34.5 Å². The number of halogens is 2. The Morgan fingerprint density at radius 2 is 1.82 bits per heavy atom. The topological polar surface area (TPSA) is 131 Å². The lowest BCUT2D eigenvalue weighted by Crippen LogP contribution is -2.59. The van der Waals surface area contributed by atoms with Crippen LogP contribution in [0.5, 0.6) is 0 Å². The molecule has 234 valence electrons. The molecule has 1 aliphatic heterocycles. The molecule has 2 aromatic carbocycles. The van der Waals surface area contributed by atoms with Gasteiger partial charge in [-0.05, 0) is 48.2 Å². The third kappa shape index (κ3) is 6.95. The van der Waals surface area contributed by atoms with Gasteiger partial charge in [0.15, 0.2) is 0 Å². The van der Waals surface area contributed by atoms with E-state index < -0.39 is 45.9 Å². The molecule has 2 N–H and O–H groups in total. The molecule has 1 aromatic heterocycles. The zero-order valence-corrected chi connectivity index (χ0v) is 27.1. The highest BCUT2D eigenvalue weighted by Gasteiger charge is 2.49. The number of hydrogen-bond acceptors (Lipinski definition) is 8. The van der Waals surface area contributed by atoms with E-state index in [9.17, 15) is 22.8 Å². The van der Waals surface area contributed by atoms with Crippen molar-refractivity contribution in [2.45, 2.75) is 56.3 Å². The Bertz CT molecular complexity index is 1680. The van der Waals surface area contributed by atoms with Crippen molar-refractivity contribution in [2.75, 3.05) is 13.4 Å². The summed E-state index contributed by atoms with van der Waals surface area (Å²) in [7, 11) is -2.31. The van der Waals surface area contributed by atoms with Gasteiger partial charge in [0.05, 0.1) is 30.9 Å². The van der Waals surface area contributed by atoms with Crippen LogP contribution in [0.25, 0.3) is 0 Å². The summed E-state index contributed by atoms with van der Waals surface area (Å²) in [5.74, 6) is -2.31. The van der Waals surface area contributed by atoms with Crippen LogP contribution in [0, 0.1) is 0 Å². The lowest BCUT2D eigenvalue weighted by molar-refractivity contribution is -0.138. The third-order valence-electron chi connectivity index (χ3n) is 7.85. The molecular formula is C30H31Cl2N3O7S2. The lowest BCUT2D eigenvalue weighted by Gasteiger charge is -2.49. The molecule has 5 rings (SSSR count). The minimum absolute atomic E-state index is 0.0141. The first-order valence-electron chi connectivity index (χ1n) is 13.9. The monoisotopic (exact) mass is 679 g/mol. The van der Waals surface area contributed by atoms with Gasteiger partial charge in [0.25, 0.3) is 11.8 Å². The summed E-state index contributed by atoms with van der Waals surface area (Å²) in [5.41, 5.74) is 4.23. The van der Waals surface area contributed by atoms with Crippen LogP contribution in [0.15, 0.2) is 53.9 Å². The molecule has 44 heavy (non-hydrogen) atoms. The van der Waals surface area contributed by atoms with Crippen LogP contribution in [-0.2, 0) is 31.0 Å². The average molecular weight is 681 g/mol. The van der Waals surface area contributed by atoms with Gasteiger partial charge in [0.2, 0.25) is 10.0 Å². The Kier molecular flexibility index (Phi) is 9.98. The van der Waals surface area contributed by atoms with Crippen molar-refractivity contribution in [3.05, 3.63) is 91.1 Å². The zero-order valence-electron chi connectivity index (χ0n) is 23.9. The van der Waals surface area contributed by atoms with E-state index in [1.165, 1.54) is 18.4 Å². The number of esters is 1. The number of carbonyl (C=O) groups is 3. The van der Waals surface area contributed by atoms with Crippen molar-refractivity contribution >= 4 is 62.3 Å². The number of hydrogen-bond donors (Lipinski definition) is 2. The van der Waals surface area contributed by atoms with Crippen molar-refractivity contribution in [1.29, 1.82) is 0 Å². The fourth-order valence-corrected chi connectivity index (χ4v) is 8.16. The Labute approximate surface area is 269 Å². The summed E-state index contributed by atoms with van der Waals surface area (Å²) in [5, 5.41) is 2.28. The molecule has 0 bridgehead atoms. The zero-order chi connectivity index (χ0) is 31.6. The molecule has 2 heterocycles. The van der Waals surface area contributed by atoms with E-state index in [-0.39, 0.29) is 17.5 Å². The number of amides is 2. The maximum Gasteiger partial charge on any atom is 0.338 e. The predicted molar refractivity (Wildman–Crippen MR) is 167 cm³/mol. The molecule has 14 heteroatoms. The van der Waals surface area contributed by atoms with E-state index >= 15 is 0 Å². The quantitative estimate of drug-likeness (QED) is 0.234. The van der Waals surface area contributed by atoms with Crippen LogP contribution in [0.3, 0.4) is 0 Å². The second-order valence-corrected chi connectivity index (χ2v) is 14.4. The lowest BCUT2D eigenvalue weighted by atomic mass is 9.76. The third-order valence-corrected chi connectivity index (χ3v) is 10.1. The highest BCUT2D eigenvalue weighted by atomic mass is 35.5. The van der Waals surface area contributed by atoms with Gasteiger partial charge >= 0.3 is 5.97 Å². The summed E-state index contributed by atoms with van der Waals surface area (Å²) in [6.07, 6.45) is 3.70. The number of hydroxylamine groups is 1. The molecule has 4 atom stereocenters.